The normalized spacial score (nSPS) is 16.0. The van der Waals surface area contributed by atoms with Crippen molar-refractivity contribution >= 4 is 35.0 Å². The van der Waals surface area contributed by atoms with Crippen LogP contribution >= 0.6 is 23.4 Å². The van der Waals surface area contributed by atoms with Crippen LogP contribution in [0.3, 0.4) is 0 Å². The Hall–Kier alpha value is -2.42. The van der Waals surface area contributed by atoms with Crippen LogP contribution in [0.5, 0.6) is 0 Å². The summed E-state index contributed by atoms with van der Waals surface area (Å²) in [5, 5.41) is 12.5. The molecule has 4 rings (SSSR count). The summed E-state index contributed by atoms with van der Waals surface area (Å²) in [6, 6.07) is 13.2. The van der Waals surface area contributed by atoms with E-state index in [2.05, 4.69) is 15.5 Å². The summed E-state index contributed by atoms with van der Waals surface area (Å²) >= 11 is 7.39. The second-order valence-corrected chi connectivity index (χ2v) is 8.23. The number of nitrogens with one attached hydrogen (secondary N) is 1. The van der Waals surface area contributed by atoms with Gasteiger partial charge in [0.25, 0.3) is 0 Å². The molecule has 0 radical (unpaired) electrons. The molecule has 1 atom stereocenters. The van der Waals surface area contributed by atoms with Crippen LogP contribution in [0.2, 0.25) is 5.02 Å². The molecular formula is C21H20ClFN4O2S. The maximum absolute atomic E-state index is 13.3. The number of nitrogens with zero attached hydrogens (tertiary/aromatic N) is 3. The van der Waals surface area contributed by atoms with E-state index in [-0.39, 0.29) is 23.6 Å². The van der Waals surface area contributed by atoms with Crippen LogP contribution in [0.4, 0.5) is 10.1 Å². The Morgan fingerprint density at radius 1 is 1.23 bits per heavy atom. The minimum absolute atomic E-state index is 0.0662. The van der Waals surface area contributed by atoms with Gasteiger partial charge >= 0.3 is 0 Å². The van der Waals surface area contributed by atoms with Crippen molar-refractivity contribution < 1.29 is 13.9 Å². The molecule has 1 saturated heterocycles. The van der Waals surface area contributed by atoms with Crippen molar-refractivity contribution in [2.45, 2.75) is 30.6 Å². The molecule has 156 valence electrons. The van der Waals surface area contributed by atoms with Gasteiger partial charge in [0.15, 0.2) is 11.0 Å². The second kappa shape index (κ2) is 9.59. The lowest BCUT2D eigenvalue weighted by Gasteiger charge is -2.15. The Bertz CT molecular complexity index is 1020. The number of aromatic nitrogens is 3. The highest BCUT2D eigenvalue weighted by molar-refractivity contribution is 7.99. The molecule has 3 aromatic rings. The van der Waals surface area contributed by atoms with Gasteiger partial charge in [0.2, 0.25) is 5.91 Å². The van der Waals surface area contributed by atoms with Gasteiger partial charge in [-0.25, -0.2) is 4.39 Å². The minimum Gasteiger partial charge on any atom is -0.376 e. The lowest BCUT2D eigenvalue weighted by molar-refractivity contribution is -0.113. The Kier molecular flexibility index (Phi) is 6.66. The lowest BCUT2D eigenvalue weighted by atomic mass is 10.2. The highest BCUT2D eigenvalue weighted by Gasteiger charge is 2.22. The van der Waals surface area contributed by atoms with E-state index >= 15 is 0 Å². The molecule has 1 amide bonds. The highest BCUT2D eigenvalue weighted by Crippen LogP contribution is 2.27. The number of hydrogen-bond acceptors (Lipinski definition) is 5. The number of thioether (sulfide) groups is 1. The number of para-hydroxylation sites is 1. The zero-order chi connectivity index (χ0) is 20.9. The molecule has 9 heteroatoms. The van der Waals surface area contributed by atoms with Gasteiger partial charge in [-0.1, -0.05) is 35.5 Å². The van der Waals surface area contributed by atoms with Crippen molar-refractivity contribution in [3.05, 3.63) is 59.4 Å². The molecule has 0 saturated carbocycles. The summed E-state index contributed by atoms with van der Waals surface area (Å²) in [5.41, 5.74) is 1.33. The van der Waals surface area contributed by atoms with E-state index in [9.17, 15) is 9.18 Å². The topological polar surface area (TPSA) is 69.0 Å². The first-order valence-electron chi connectivity index (χ1n) is 9.58. The zero-order valence-electron chi connectivity index (χ0n) is 16.1. The van der Waals surface area contributed by atoms with Crippen molar-refractivity contribution in [3.63, 3.8) is 0 Å². The molecule has 1 aromatic heterocycles. The summed E-state index contributed by atoms with van der Waals surface area (Å²) in [7, 11) is 0. The van der Waals surface area contributed by atoms with Gasteiger partial charge < -0.3 is 10.1 Å². The second-order valence-electron chi connectivity index (χ2n) is 6.88. The molecule has 30 heavy (non-hydrogen) atoms. The first-order chi connectivity index (χ1) is 14.6. The number of halogens is 2. The van der Waals surface area contributed by atoms with Gasteiger partial charge in [-0.2, -0.15) is 0 Å². The molecule has 2 heterocycles. The summed E-state index contributed by atoms with van der Waals surface area (Å²) in [6.45, 7) is 1.32. The molecule has 2 aromatic carbocycles. The number of carbonyl (C=O) groups excluding carboxylic acids is 1. The fraction of sp³-hybridized carbons (Fsp3) is 0.286. The van der Waals surface area contributed by atoms with Gasteiger partial charge in [0.05, 0.1) is 29.1 Å². The fourth-order valence-corrected chi connectivity index (χ4v) is 4.17. The Morgan fingerprint density at radius 3 is 2.77 bits per heavy atom. The number of hydrogen-bond donors (Lipinski definition) is 1. The van der Waals surface area contributed by atoms with Crippen molar-refractivity contribution in [1.29, 1.82) is 0 Å². The Labute approximate surface area is 182 Å². The molecule has 0 aliphatic carbocycles. The van der Waals surface area contributed by atoms with E-state index < -0.39 is 0 Å². The summed E-state index contributed by atoms with van der Waals surface area (Å²) in [4.78, 5) is 12.4. The molecule has 0 unspecified atom stereocenters. The van der Waals surface area contributed by atoms with Crippen molar-refractivity contribution in [3.8, 4) is 11.4 Å². The van der Waals surface area contributed by atoms with Crippen LogP contribution in [0.25, 0.3) is 11.4 Å². The maximum atomic E-state index is 13.3. The third-order valence-corrected chi connectivity index (χ3v) is 6.01. The van der Waals surface area contributed by atoms with Crippen molar-refractivity contribution in [1.82, 2.24) is 14.8 Å². The number of ether oxygens (including phenoxy) is 1. The largest absolute Gasteiger partial charge is 0.376 e. The molecule has 1 aliphatic heterocycles. The quantitative estimate of drug-likeness (QED) is 0.535. The number of rotatable bonds is 7. The molecule has 0 bridgehead atoms. The van der Waals surface area contributed by atoms with Crippen LogP contribution in [-0.4, -0.2) is 39.1 Å². The predicted molar refractivity (Wildman–Crippen MR) is 115 cm³/mol. The monoisotopic (exact) mass is 446 g/mol. The molecule has 0 spiro atoms. The Morgan fingerprint density at radius 2 is 2.03 bits per heavy atom. The van der Waals surface area contributed by atoms with E-state index in [0.717, 1.165) is 25.0 Å². The first kappa shape index (κ1) is 20.8. The summed E-state index contributed by atoms with van der Waals surface area (Å²) in [5.74, 6) is 0.274. The maximum Gasteiger partial charge on any atom is 0.234 e. The molecular weight excluding hydrogens is 427 g/mol. The predicted octanol–water partition coefficient (Wildman–Crippen LogP) is 4.65. The first-order valence-corrected chi connectivity index (χ1v) is 10.9. The van der Waals surface area contributed by atoms with E-state index in [4.69, 9.17) is 16.3 Å². The molecule has 1 N–H and O–H groups in total. The van der Waals surface area contributed by atoms with E-state index in [1.165, 1.54) is 23.9 Å². The third-order valence-electron chi connectivity index (χ3n) is 4.71. The molecule has 1 aliphatic rings. The van der Waals surface area contributed by atoms with Gasteiger partial charge in [0.1, 0.15) is 5.82 Å². The van der Waals surface area contributed by atoms with Gasteiger partial charge in [0, 0.05) is 12.2 Å². The van der Waals surface area contributed by atoms with E-state index in [0.29, 0.717) is 28.2 Å². The summed E-state index contributed by atoms with van der Waals surface area (Å²) < 4.78 is 21.0. The molecule has 6 nitrogen and oxygen atoms in total. The lowest BCUT2D eigenvalue weighted by Crippen LogP contribution is -2.18. The van der Waals surface area contributed by atoms with Gasteiger partial charge in [-0.3, -0.25) is 9.36 Å². The zero-order valence-corrected chi connectivity index (χ0v) is 17.6. The summed E-state index contributed by atoms with van der Waals surface area (Å²) in [6.07, 6.45) is 2.04. The smallest absolute Gasteiger partial charge is 0.234 e. The van der Waals surface area contributed by atoms with E-state index in [1.54, 1.807) is 30.3 Å². The number of anilines is 1. The average Bonchev–Trinajstić information content (AvgIpc) is 3.39. The van der Waals surface area contributed by atoms with Crippen LogP contribution in [0, 0.1) is 5.82 Å². The number of benzene rings is 2. The van der Waals surface area contributed by atoms with Crippen molar-refractivity contribution in [2.24, 2.45) is 0 Å². The van der Waals surface area contributed by atoms with Gasteiger partial charge in [-0.05, 0) is 49.2 Å². The van der Waals surface area contributed by atoms with Crippen LogP contribution in [0.15, 0.2) is 53.7 Å². The molecule has 1 fully saturated rings. The van der Waals surface area contributed by atoms with Crippen LogP contribution in [-0.2, 0) is 16.1 Å². The number of amides is 1. The Balaban J connectivity index is 1.51. The SMILES string of the molecule is O=C(CSc1nnc(-c2ccc(F)cc2)n1C[C@H]1CCCO1)Nc1ccccc1Cl. The van der Waals surface area contributed by atoms with E-state index in [1.807, 2.05) is 10.6 Å². The van der Waals surface area contributed by atoms with Crippen molar-refractivity contribution in [2.75, 3.05) is 17.7 Å². The fourth-order valence-electron chi connectivity index (χ4n) is 3.24. The van der Waals surface area contributed by atoms with Crippen LogP contribution < -0.4 is 5.32 Å². The van der Waals surface area contributed by atoms with Gasteiger partial charge in [-0.15, -0.1) is 10.2 Å². The average molecular weight is 447 g/mol. The minimum atomic E-state index is -0.310. The highest BCUT2D eigenvalue weighted by atomic mass is 35.5. The third kappa shape index (κ3) is 5.00. The standard InChI is InChI=1S/C21H20ClFN4O2S/c22-17-5-1-2-6-18(17)24-19(28)13-30-21-26-25-20(14-7-9-15(23)10-8-14)27(21)12-16-4-3-11-29-16/h1-2,5-10,16H,3-4,11-13H2,(H,24,28)/t16-/m1/s1. The number of carbonyl (C=O) groups is 1. The van der Waals surface area contributed by atoms with Crippen LogP contribution in [0.1, 0.15) is 12.8 Å².